The van der Waals surface area contributed by atoms with Crippen LogP contribution in [-0.2, 0) is 0 Å². The molecule has 0 aliphatic rings. The number of nitriles is 1. The molecule has 0 aromatic carbocycles. The molecule has 0 aliphatic heterocycles. The van der Waals surface area contributed by atoms with Crippen molar-refractivity contribution in [2.75, 3.05) is 0 Å². The minimum atomic E-state index is -0.614. The van der Waals surface area contributed by atoms with Crippen molar-refractivity contribution in [2.45, 2.75) is 0 Å². The molecule has 6 nitrogen and oxygen atoms in total. The van der Waals surface area contributed by atoms with Gasteiger partial charge in [-0.25, -0.2) is 4.98 Å². The number of pyridine rings is 2. The summed E-state index contributed by atoms with van der Waals surface area (Å²) in [6, 6.07) is 4.75. The van der Waals surface area contributed by atoms with Crippen molar-refractivity contribution < 1.29 is 9.53 Å². The third-order valence-corrected chi connectivity index (χ3v) is 2.42. The van der Waals surface area contributed by atoms with Crippen LogP contribution in [0.1, 0.15) is 15.9 Å². The Hall–Kier alpha value is -2.65. The standard InChI is InChI=1S/C12H7ClN4O2/c13-10-1-7(3-14)4-17-12(10)19-9-2-8(11(15)18)5-16-6-9/h1-2,4-6H,(H2,15,18). The number of carbonyl (C=O) groups is 1. The maximum Gasteiger partial charge on any atom is 0.250 e. The highest BCUT2D eigenvalue weighted by molar-refractivity contribution is 6.31. The number of nitrogens with zero attached hydrogens (tertiary/aromatic N) is 3. The smallest absolute Gasteiger partial charge is 0.250 e. The molecule has 94 valence electrons. The van der Waals surface area contributed by atoms with Crippen LogP contribution in [0.4, 0.5) is 0 Å². The van der Waals surface area contributed by atoms with E-state index in [2.05, 4.69) is 9.97 Å². The first-order valence-corrected chi connectivity index (χ1v) is 5.46. The first-order valence-electron chi connectivity index (χ1n) is 5.08. The van der Waals surface area contributed by atoms with E-state index in [9.17, 15) is 4.79 Å². The van der Waals surface area contributed by atoms with Gasteiger partial charge in [-0.2, -0.15) is 5.26 Å². The summed E-state index contributed by atoms with van der Waals surface area (Å²) in [5, 5.41) is 8.87. The zero-order valence-corrected chi connectivity index (χ0v) is 10.3. The Morgan fingerprint density at radius 2 is 2.16 bits per heavy atom. The molecule has 2 heterocycles. The number of amides is 1. The number of halogens is 1. The molecular weight excluding hydrogens is 268 g/mol. The van der Waals surface area contributed by atoms with E-state index in [1.807, 2.05) is 6.07 Å². The van der Waals surface area contributed by atoms with Gasteiger partial charge in [0.25, 0.3) is 0 Å². The lowest BCUT2D eigenvalue weighted by atomic mass is 10.2. The highest BCUT2D eigenvalue weighted by atomic mass is 35.5. The van der Waals surface area contributed by atoms with Crippen LogP contribution >= 0.6 is 11.6 Å². The fourth-order valence-corrected chi connectivity index (χ4v) is 1.49. The SMILES string of the molecule is N#Cc1cnc(Oc2cncc(C(N)=O)c2)c(Cl)c1. The number of hydrogen-bond acceptors (Lipinski definition) is 5. The van der Waals surface area contributed by atoms with Crippen LogP contribution in [-0.4, -0.2) is 15.9 Å². The number of carbonyl (C=O) groups excluding carboxylic acids is 1. The zero-order chi connectivity index (χ0) is 13.8. The Kier molecular flexibility index (Phi) is 3.59. The van der Waals surface area contributed by atoms with Gasteiger partial charge in [-0.3, -0.25) is 9.78 Å². The lowest BCUT2D eigenvalue weighted by Gasteiger charge is -2.06. The highest BCUT2D eigenvalue weighted by Crippen LogP contribution is 2.27. The fourth-order valence-electron chi connectivity index (χ4n) is 1.28. The summed E-state index contributed by atoms with van der Waals surface area (Å²) in [5.74, 6) is -0.226. The predicted molar refractivity (Wildman–Crippen MR) is 66.8 cm³/mol. The second kappa shape index (κ2) is 5.33. The summed E-state index contributed by atoms with van der Waals surface area (Å²) in [7, 11) is 0. The number of ether oxygens (including phenoxy) is 1. The molecule has 0 aliphatic carbocycles. The Labute approximate surface area is 113 Å². The summed E-state index contributed by atoms with van der Waals surface area (Å²) >= 11 is 5.91. The van der Waals surface area contributed by atoms with Crippen molar-refractivity contribution in [3.8, 4) is 17.7 Å². The second-order valence-corrected chi connectivity index (χ2v) is 3.91. The number of hydrogen-bond donors (Lipinski definition) is 1. The summed E-state index contributed by atoms with van der Waals surface area (Å²) < 4.78 is 5.38. The van der Waals surface area contributed by atoms with Crippen molar-refractivity contribution in [1.29, 1.82) is 5.26 Å². The molecule has 0 unspecified atom stereocenters. The molecule has 2 aromatic heterocycles. The number of aromatic nitrogens is 2. The Bertz CT molecular complexity index is 682. The molecule has 2 rings (SSSR count). The van der Waals surface area contributed by atoms with Crippen LogP contribution in [0, 0.1) is 11.3 Å². The number of rotatable bonds is 3. The molecule has 19 heavy (non-hydrogen) atoms. The van der Waals surface area contributed by atoms with Gasteiger partial charge in [0.1, 0.15) is 16.8 Å². The summed E-state index contributed by atoms with van der Waals surface area (Å²) in [5.41, 5.74) is 5.66. The molecule has 0 radical (unpaired) electrons. The van der Waals surface area contributed by atoms with Gasteiger partial charge in [-0.1, -0.05) is 11.6 Å². The van der Waals surface area contributed by atoms with Crippen molar-refractivity contribution in [3.63, 3.8) is 0 Å². The van der Waals surface area contributed by atoms with Crippen LogP contribution in [0.5, 0.6) is 11.6 Å². The largest absolute Gasteiger partial charge is 0.436 e. The topological polar surface area (TPSA) is 102 Å². The van der Waals surface area contributed by atoms with Crippen LogP contribution in [0.15, 0.2) is 30.7 Å². The van der Waals surface area contributed by atoms with Gasteiger partial charge in [0.2, 0.25) is 11.8 Å². The maximum absolute atomic E-state index is 11.0. The van der Waals surface area contributed by atoms with E-state index in [4.69, 9.17) is 27.3 Å². The Balaban J connectivity index is 2.29. The van der Waals surface area contributed by atoms with E-state index in [-0.39, 0.29) is 22.2 Å². The molecule has 0 spiro atoms. The van der Waals surface area contributed by atoms with Gasteiger partial charge < -0.3 is 10.5 Å². The fraction of sp³-hybridized carbons (Fsp3) is 0. The molecule has 0 fully saturated rings. The van der Waals surface area contributed by atoms with Crippen LogP contribution in [0.25, 0.3) is 0 Å². The van der Waals surface area contributed by atoms with Gasteiger partial charge >= 0.3 is 0 Å². The molecule has 0 saturated heterocycles. The maximum atomic E-state index is 11.0. The van der Waals surface area contributed by atoms with Crippen LogP contribution < -0.4 is 10.5 Å². The van der Waals surface area contributed by atoms with Crippen molar-refractivity contribution in [2.24, 2.45) is 5.73 Å². The van der Waals surface area contributed by atoms with Gasteiger partial charge in [0, 0.05) is 12.4 Å². The summed E-state index contributed by atoms with van der Waals surface area (Å²) in [4.78, 5) is 18.7. The van der Waals surface area contributed by atoms with Crippen molar-refractivity contribution in [3.05, 3.63) is 46.9 Å². The van der Waals surface area contributed by atoms with E-state index in [0.29, 0.717) is 5.56 Å². The van der Waals surface area contributed by atoms with E-state index >= 15 is 0 Å². The zero-order valence-electron chi connectivity index (χ0n) is 9.50. The Morgan fingerprint density at radius 3 is 2.79 bits per heavy atom. The van der Waals surface area contributed by atoms with E-state index in [0.717, 1.165) is 0 Å². The van der Waals surface area contributed by atoms with Crippen molar-refractivity contribution in [1.82, 2.24) is 9.97 Å². The molecular formula is C12H7ClN4O2. The molecule has 0 atom stereocenters. The van der Waals surface area contributed by atoms with E-state index in [1.54, 1.807) is 0 Å². The lowest BCUT2D eigenvalue weighted by Crippen LogP contribution is -2.11. The quantitative estimate of drug-likeness (QED) is 0.921. The molecule has 2 N–H and O–H groups in total. The van der Waals surface area contributed by atoms with Crippen molar-refractivity contribution >= 4 is 17.5 Å². The summed E-state index contributed by atoms with van der Waals surface area (Å²) in [6.07, 6.45) is 4.04. The monoisotopic (exact) mass is 274 g/mol. The Morgan fingerprint density at radius 1 is 1.37 bits per heavy atom. The van der Waals surface area contributed by atoms with Gasteiger partial charge in [-0.05, 0) is 12.1 Å². The van der Waals surface area contributed by atoms with Gasteiger partial charge in [0.15, 0.2) is 0 Å². The average molecular weight is 275 g/mol. The predicted octanol–water partition coefficient (Wildman–Crippen LogP) is 1.89. The van der Waals surface area contributed by atoms with Gasteiger partial charge in [0.05, 0.1) is 17.3 Å². The van der Waals surface area contributed by atoms with E-state index in [1.165, 1.54) is 30.7 Å². The average Bonchev–Trinajstić information content (AvgIpc) is 2.41. The lowest BCUT2D eigenvalue weighted by molar-refractivity contribution is 0.0999. The minimum Gasteiger partial charge on any atom is -0.436 e. The third kappa shape index (κ3) is 2.97. The number of nitrogens with two attached hydrogens (primary N) is 1. The molecule has 0 bridgehead atoms. The van der Waals surface area contributed by atoms with Gasteiger partial charge in [-0.15, -0.1) is 0 Å². The second-order valence-electron chi connectivity index (χ2n) is 3.50. The highest BCUT2D eigenvalue weighted by Gasteiger charge is 2.08. The molecule has 1 amide bonds. The summed E-state index contributed by atoms with van der Waals surface area (Å²) in [6.45, 7) is 0. The van der Waals surface area contributed by atoms with Crippen LogP contribution in [0.2, 0.25) is 5.02 Å². The molecule has 7 heteroatoms. The third-order valence-electron chi connectivity index (χ3n) is 2.15. The molecule has 2 aromatic rings. The number of primary amides is 1. The first kappa shape index (κ1) is 12.8. The normalized spacial score (nSPS) is 9.68. The van der Waals surface area contributed by atoms with E-state index < -0.39 is 5.91 Å². The van der Waals surface area contributed by atoms with Crippen LogP contribution in [0.3, 0.4) is 0 Å². The minimum absolute atomic E-state index is 0.115. The molecule has 0 saturated carbocycles. The first-order chi connectivity index (χ1) is 9.10.